The number of nitrogens with zero attached hydrogens (tertiary/aromatic N) is 2. The first kappa shape index (κ1) is 11.5. The van der Waals surface area contributed by atoms with Gasteiger partial charge >= 0.3 is 6.03 Å². The van der Waals surface area contributed by atoms with Crippen LogP contribution in [-0.2, 0) is 6.42 Å². The van der Waals surface area contributed by atoms with Crippen LogP contribution in [0.5, 0.6) is 0 Å². The van der Waals surface area contributed by atoms with E-state index in [9.17, 15) is 9.59 Å². The summed E-state index contributed by atoms with van der Waals surface area (Å²) < 4.78 is 1.44. The predicted octanol–water partition coefficient (Wildman–Crippen LogP) is 1.21. The molecule has 0 spiro atoms. The minimum Gasteiger partial charge on any atom is -0.351 e. The third-order valence-electron chi connectivity index (χ3n) is 3.29. The van der Waals surface area contributed by atoms with E-state index in [1.165, 1.54) is 4.57 Å². The van der Waals surface area contributed by atoms with E-state index < -0.39 is 6.03 Å². The molecule has 3 N–H and O–H groups in total. The number of benzene rings is 1. The summed E-state index contributed by atoms with van der Waals surface area (Å²) in [5, 5.41) is 4.60. The maximum absolute atomic E-state index is 11.9. The number of carbonyl (C=O) groups excluding carboxylic acids is 2. The molecule has 96 valence electrons. The second kappa shape index (κ2) is 3.94. The monoisotopic (exact) mass is 256 g/mol. The number of primary amides is 1. The SMILES string of the molecule is CCc1c2c3c(cccc3n1C(N)=O)C(=O)NN=C2. The van der Waals surface area contributed by atoms with Crippen molar-refractivity contribution in [3.63, 3.8) is 0 Å². The van der Waals surface area contributed by atoms with Crippen LogP contribution in [0.1, 0.15) is 28.5 Å². The van der Waals surface area contributed by atoms with Gasteiger partial charge in [-0.3, -0.25) is 9.36 Å². The van der Waals surface area contributed by atoms with Gasteiger partial charge in [-0.1, -0.05) is 13.0 Å². The maximum Gasteiger partial charge on any atom is 0.323 e. The normalized spacial score (nSPS) is 13.4. The Kier molecular flexibility index (Phi) is 2.38. The van der Waals surface area contributed by atoms with Gasteiger partial charge in [0.05, 0.1) is 17.3 Å². The largest absolute Gasteiger partial charge is 0.351 e. The Morgan fingerprint density at radius 3 is 2.95 bits per heavy atom. The fourth-order valence-electron chi connectivity index (χ4n) is 2.56. The third kappa shape index (κ3) is 1.46. The average Bonchev–Trinajstić information content (AvgIpc) is 2.62. The van der Waals surface area contributed by atoms with Crippen molar-refractivity contribution in [1.29, 1.82) is 0 Å². The lowest BCUT2D eigenvalue weighted by molar-refractivity contribution is 0.0957. The van der Waals surface area contributed by atoms with Gasteiger partial charge < -0.3 is 5.73 Å². The van der Waals surface area contributed by atoms with Crippen molar-refractivity contribution in [1.82, 2.24) is 9.99 Å². The van der Waals surface area contributed by atoms with Gasteiger partial charge in [-0.15, -0.1) is 0 Å². The summed E-state index contributed by atoms with van der Waals surface area (Å²) in [4.78, 5) is 23.6. The number of nitrogens with two attached hydrogens (primary N) is 1. The molecular formula is C13H12N4O2. The standard InChI is InChI=1S/C13H12N4O2/c1-2-9-8-6-15-16-12(18)7-4-3-5-10(11(7)8)17(9)13(14)19/h3-6H,2H2,1H3,(H2,14,19)(H,16,18). The lowest BCUT2D eigenvalue weighted by atomic mass is 10.0. The van der Waals surface area contributed by atoms with Crippen LogP contribution in [-0.4, -0.2) is 22.7 Å². The highest BCUT2D eigenvalue weighted by Gasteiger charge is 2.23. The molecule has 1 aromatic carbocycles. The summed E-state index contributed by atoms with van der Waals surface area (Å²) in [6.45, 7) is 1.93. The van der Waals surface area contributed by atoms with E-state index >= 15 is 0 Å². The number of nitrogens with one attached hydrogen (secondary N) is 1. The molecule has 0 bridgehead atoms. The highest BCUT2D eigenvalue weighted by atomic mass is 16.2. The minimum absolute atomic E-state index is 0.287. The summed E-state index contributed by atoms with van der Waals surface area (Å²) >= 11 is 0. The van der Waals surface area contributed by atoms with Crippen LogP contribution in [0.25, 0.3) is 10.9 Å². The summed E-state index contributed by atoms with van der Waals surface area (Å²) in [5.41, 5.74) is 10.6. The zero-order valence-corrected chi connectivity index (χ0v) is 10.3. The molecule has 1 aliphatic heterocycles. The van der Waals surface area contributed by atoms with Gasteiger partial charge in [0.25, 0.3) is 5.91 Å². The Labute approximate surface area is 108 Å². The first-order valence-electron chi connectivity index (χ1n) is 5.94. The van der Waals surface area contributed by atoms with Crippen LogP contribution in [0.4, 0.5) is 4.79 Å². The van der Waals surface area contributed by atoms with Crippen LogP contribution in [0.2, 0.25) is 0 Å². The molecule has 0 saturated carbocycles. The number of hydrazone groups is 1. The second-order valence-corrected chi connectivity index (χ2v) is 4.29. The van der Waals surface area contributed by atoms with Gasteiger partial charge in [-0.25, -0.2) is 10.2 Å². The van der Waals surface area contributed by atoms with Crippen molar-refractivity contribution in [3.05, 3.63) is 35.0 Å². The molecule has 6 heteroatoms. The molecule has 0 unspecified atom stereocenters. The van der Waals surface area contributed by atoms with Gasteiger partial charge in [0.15, 0.2) is 0 Å². The van der Waals surface area contributed by atoms with Crippen LogP contribution in [0.3, 0.4) is 0 Å². The van der Waals surface area contributed by atoms with Crippen molar-refractivity contribution < 1.29 is 9.59 Å². The molecule has 0 saturated heterocycles. The summed E-state index contributed by atoms with van der Waals surface area (Å²) in [7, 11) is 0. The molecule has 6 nitrogen and oxygen atoms in total. The lowest BCUT2D eigenvalue weighted by Gasteiger charge is -2.05. The van der Waals surface area contributed by atoms with Gasteiger partial charge in [0.2, 0.25) is 0 Å². The van der Waals surface area contributed by atoms with Gasteiger partial charge in [-0.05, 0) is 18.6 Å². The topological polar surface area (TPSA) is 89.5 Å². The summed E-state index contributed by atoms with van der Waals surface area (Å²) in [6.07, 6.45) is 2.18. The molecule has 1 aliphatic rings. The lowest BCUT2D eigenvalue weighted by Crippen LogP contribution is -2.22. The average molecular weight is 256 g/mol. The molecule has 0 atom stereocenters. The molecular weight excluding hydrogens is 244 g/mol. The van der Waals surface area contributed by atoms with Crippen molar-refractivity contribution >= 4 is 29.1 Å². The smallest absolute Gasteiger partial charge is 0.323 e. The quantitative estimate of drug-likeness (QED) is 0.803. The number of rotatable bonds is 1. The summed E-state index contributed by atoms with van der Waals surface area (Å²) in [6, 6.07) is 4.66. The molecule has 19 heavy (non-hydrogen) atoms. The highest BCUT2D eigenvalue weighted by molar-refractivity contribution is 6.16. The van der Waals surface area contributed by atoms with Crippen LogP contribution in [0, 0.1) is 0 Å². The zero-order valence-electron chi connectivity index (χ0n) is 10.3. The predicted molar refractivity (Wildman–Crippen MR) is 71.4 cm³/mol. The number of hydrogen-bond acceptors (Lipinski definition) is 3. The molecule has 2 aromatic rings. The highest BCUT2D eigenvalue weighted by Crippen LogP contribution is 2.29. The van der Waals surface area contributed by atoms with E-state index in [0.29, 0.717) is 17.5 Å². The molecule has 2 amide bonds. The van der Waals surface area contributed by atoms with E-state index in [0.717, 1.165) is 16.6 Å². The van der Waals surface area contributed by atoms with E-state index in [4.69, 9.17) is 5.73 Å². The fraction of sp³-hybridized carbons (Fsp3) is 0.154. The molecule has 0 aliphatic carbocycles. The summed E-state index contributed by atoms with van der Waals surface area (Å²) in [5.74, 6) is -0.287. The van der Waals surface area contributed by atoms with Crippen LogP contribution in [0.15, 0.2) is 23.3 Å². The number of amides is 2. The second-order valence-electron chi connectivity index (χ2n) is 4.29. The van der Waals surface area contributed by atoms with Crippen molar-refractivity contribution in [2.75, 3.05) is 0 Å². The Bertz CT molecular complexity index is 743. The van der Waals surface area contributed by atoms with Crippen LogP contribution >= 0.6 is 0 Å². The molecule has 1 aromatic heterocycles. The van der Waals surface area contributed by atoms with Crippen molar-refractivity contribution in [2.24, 2.45) is 10.8 Å². The maximum atomic E-state index is 11.9. The number of aromatic nitrogens is 1. The molecule has 2 heterocycles. The van der Waals surface area contributed by atoms with Gasteiger partial charge in [-0.2, -0.15) is 5.10 Å². The van der Waals surface area contributed by atoms with Gasteiger partial charge in [0.1, 0.15) is 0 Å². The first-order chi connectivity index (χ1) is 9.15. The van der Waals surface area contributed by atoms with Crippen molar-refractivity contribution in [3.8, 4) is 0 Å². The molecule has 0 fully saturated rings. The van der Waals surface area contributed by atoms with E-state index in [-0.39, 0.29) is 5.91 Å². The Balaban J connectivity index is 2.55. The third-order valence-corrected chi connectivity index (χ3v) is 3.29. The minimum atomic E-state index is -0.556. The van der Waals surface area contributed by atoms with E-state index in [1.807, 2.05) is 6.92 Å². The van der Waals surface area contributed by atoms with Crippen LogP contribution < -0.4 is 11.2 Å². The zero-order chi connectivity index (χ0) is 13.6. The Hall–Kier alpha value is -2.63. The van der Waals surface area contributed by atoms with Gasteiger partial charge in [0, 0.05) is 16.6 Å². The van der Waals surface area contributed by atoms with E-state index in [1.54, 1.807) is 24.4 Å². The fourth-order valence-corrected chi connectivity index (χ4v) is 2.56. The number of carbonyl (C=O) groups is 2. The number of hydrogen-bond donors (Lipinski definition) is 2. The van der Waals surface area contributed by atoms with Crippen molar-refractivity contribution in [2.45, 2.75) is 13.3 Å². The Morgan fingerprint density at radius 1 is 1.47 bits per heavy atom. The molecule has 3 rings (SSSR count). The first-order valence-corrected chi connectivity index (χ1v) is 5.94. The molecule has 0 radical (unpaired) electrons. The van der Waals surface area contributed by atoms with E-state index in [2.05, 4.69) is 10.5 Å². The Morgan fingerprint density at radius 2 is 2.26 bits per heavy atom.